The molecule has 0 aliphatic rings. The van der Waals surface area contributed by atoms with E-state index in [0.29, 0.717) is 0 Å². The lowest BCUT2D eigenvalue weighted by atomic mass is 10.2. The Morgan fingerprint density at radius 1 is 1.25 bits per heavy atom. The molecule has 0 aliphatic carbocycles. The molecule has 0 saturated heterocycles. The summed E-state index contributed by atoms with van der Waals surface area (Å²) in [6.45, 7) is 1.52. The van der Waals surface area contributed by atoms with Gasteiger partial charge < -0.3 is 9.47 Å². The van der Waals surface area contributed by atoms with Crippen LogP contribution >= 0.6 is 0 Å². The van der Waals surface area contributed by atoms with Crippen LogP contribution in [0.1, 0.15) is 6.92 Å². The van der Waals surface area contributed by atoms with Crippen molar-refractivity contribution in [3.63, 3.8) is 0 Å². The average Bonchev–Trinajstić information content (AvgIpc) is 1.98. The minimum Gasteiger partial charge on any atom is -0.354 e. The lowest BCUT2D eigenvalue weighted by Crippen LogP contribution is -2.46. The van der Waals surface area contributed by atoms with Gasteiger partial charge in [-0.25, -0.2) is 0 Å². The van der Waals surface area contributed by atoms with E-state index in [1.807, 2.05) is 14.1 Å². The molecule has 4 nitrogen and oxygen atoms in total. The highest BCUT2D eigenvalue weighted by Crippen LogP contribution is 2.06. The second-order valence-electron chi connectivity index (χ2n) is 2.86. The van der Waals surface area contributed by atoms with Gasteiger partial charge in [-0.2, -0.15) is 0 Å². The lowest BCUT2D eigenvalue weighted by molar-refractivity contribution is -0.156. The first-order valence-electron chi connectivity index (χ1n) is 3.77. The molecule has 0 radical (unpaired) electrons. The number of Topliss-reactive ketones (excluding diaryl/α,β-unsaturated/α-hetero) is 1. The van der Waals surface area contributed by atoms with Crippen LogP contribution in [0.25, 0.3) is 0 Å². The van der Waals surface area contributed by atoms with E-state index in [-0.39, 0.29) is 11.8 Å². The molecular weight excluding hydrogens is 158 g/mol. The number of rotatable bonds is 5. The third kappa shape index (κ3) is 2.89. The van der Waals surface area contributed by atoms with Gasteiger partial charge in [0.1, 0.15) is 6.04 Å². The van der Waals surface area contributed by atoms with Gasteiger partial charge in [-0.15, -0.1) is 0 Å². The molecule has 0 spiro atoms. The molecule has 0 fully saturated rings. The maximum atomic E-state index is 11.1. The second-order valence-corrected chi connectivity index (χ2v) is 2.86. The van der Waals surface area contributed by atoms with E-state index in [1.54, 1.807) is 4.90 Å². The van der Waals surface area contributed by atoms with Gasteiger partial charge in [-0.1, -0.05) is 0 Å². The molecule has 0 N–H and O–H groups in total. The number of likely N-dealkylation sites (N-methyl/N-ethyl adjacent to an activating group) is 1. The number of carbonyl (C=O) groups is 1. The maximum absolute atomic E-state index is 11.1. The van der Waals surface area contributed by atoms with Crippen molar-refractivity contribution in [2.75, 3.05) is 28.3 Å². The molecule has 72 valence electrons. The normalized spacial score (nSPS) is 13.9. The highest BCUT2D eigenvalue weighted by Gasteiger charge is 2.27. The molecule has 0 aromatic rings. The predicted octanol–water partition coefficient (Wildman–Crippen LogP) is 0.124. The van der Waals surface area contributed by atoms with Crippen molar-refractivity contribution < 1.29 is 14.3 Å². The molecule has 0 aromatic carbocycles. The molecule has 1 atom stereocenters. The van der Waals surface area contributed by atoms with E-state index in [9.17, 15) is 4.79 Å². The fourth-order valence-corrected chi connectivity index (χ4v) is 1.15. The van der Waals surface area contributed by atoms with E-state index >= 15 is 0 Å². The average molecular weight is 175 g/mol. The first-order chi connectivity index (χ1) is 5.54. The molecule has 1 unspecified atom stereocenters. The topological polar surface area (TPSA) is 38.8 Å². The molecule has 0 aromatic heterocycles. The Balaban J connectivity index is 4.36. The maximum Gasteiger partial charge on any atom is 0.179 e. The summed E-state index contributed by atoms with van der Waals surface area (Å²) < 4.78 is 10.00. The SMILES string of the molecule is COC(OC)C(C(C)=O)N(C)C. The monoisotopic (exact) mass is 175 g/mol. The standard InChI is InChI=1S/C8H17NO3/c1-6(10)7(9(2)3)8(11-4)12-5/h7-8H,1-5H3. The highest BCUT2D eigenvalue weighted by atomic mass is 16.7. The number of methoxy groups -OCH3 is 2. The zero-order valence-electron chi connectivity index (χ0n) is 8.33. The summed E-state index contributed by atoms with van der Waals surface area (Å²) in [5, 5.41) is 0. The smallest absolute Gasteiger partial charge is 0.179 e. The Morgan fingerprint density at radius 3 is 1.75 bits per heavy atom. The number of carbonyl (C=O) groups excluding carboxylic acids is 1. The van der Waals surface area contributed by atoms with Crippen molar-refractivity contribution in [3.8, 4) is 0 Å². The Morgan fingerprint density at radius 2 is 1.67 bits per heavy atom. The van der Waals surface area contributed by atoms with Crippen LogP contribution in [0.15, 0.2) is 0 Å². The third-order valence-corrected chi connectivity index (χ3v) is 1.70. The Bertz CT molecular complexity index is 143. The summed E-state index contributed by atoms with van der Waals surface area (Å²) in [5.74, 6) is 0.0358. The first kappa shape index (κ1) is 11.6. The Kier molecular flexibility index (Phi) is 5.04. The van der Waals surface area contributed by atoms with Gasteiger partial charge in [0.2, 0.25) is 0 Å². The molecule has 0 amide bonds. The zero-order chi connectivity index (χ0) is 9.72. The van der Waals surface area contributed by atoms with Crippen molar-refractivity contribution in [2.45, 2.75) is 19.3 Å². The van der Waals surface area contributed by atoms with E-state index in [2.05, 4.69) is 0 Å². The fourth-order valence-electron chi connectivity index (χ4n) is 1.15. The van der Waals surface area contributed by atoms with Crippen LogP contribution in [-0.2, 0) is 14.3 Å². The van der Waals surface area contributed by atoms with Crippen LogP contribution in [0.4, 0.5) is 0 Å². The van der Waals surface area contributed by atoms with Gasteiger partial charge in [0, 0.05) is 14.2 Å². The fraction of sp³-hybridized carbons (Fsp3) is 0.875. The minimum absolute atomic E-state index is 0.0358. The van der Waals surface area contributed by atoms with Crippen molar-refractivity contribution in [1.29, 1.82) is 0 Å². The third-order valence-electron chi connectivity index (χ3n) is 1.70. The van der Waals surface area contributed by atoms with E-state index < -0.39 is 6.29 Å². The molecule has 4 heteroatoms. The summed E-state index contributed by atoms with van der Waals surface area (Å²) in [4.78, 5) is 12.9. The highest BCUT2D eigenvalue weighted by molar-refractivity contribution is 5.81. The Hall–Kier alpha value is -0.450. The minimum atomic E-state index is -0.488. The van der Waals surface area contributed by atoms with Gasteiger partial charge in [-0.3, -0.25) is 9.69 Å². The summed E-state index contributed by atoms with van der Waals surface area (Å²) in [5.41, 5.74) is 0. The summed E-state index contributed by atoms with van der Waals surface area (Å²) in [7, 11) is 6.68. The van der Waals surface area contributed by atoms with Crippen molar-refractivity contribution >= 4 is 5.78 Å². The van der Waals surface area contributed by atoms with Crippen LogP contribution in [-0.4, -0.2) is 51.3 Å². The van der Waals surface area contributed by atoms with Crippen LogP contribution in [0.2, 0.25) is 0 Å². The van der Waals surface area contributed by atoms with Crippen LogP contribution in [0, 0.1) is 0 Å². The molecule has 0 heterocycles. The quantitative estimate of drug-likeness (QED) is 0.556. The molecule has 0 bridgehead atoms. The van der Waals surface area contributed by atoms with Gasteiger partial charge in [0.15, 0.2) is 12.1 Å². The predicted molar refractivity (Wildman–Crippen MR) is 46.0 cm³/mol. The number of hydrogen-bond acceptors (Lipinski definition) is 4. The molecule has 0 aliphatic heterocycles. The molecule has 0 rings (SSSR count). The van der Waals surface area contributed by atoms with E-state index in [1.165, 1.54) is 21.1 Å². The van der Waals surface area contributed by atoms with Crippen LogP contribution < -0.4 is 0 Å². The van der Waals surface area contributed by atoms with Gasteiger partial charge in [0.25, 0.3) is 0 Å². The number of hydrogen-bond donors (Lipinski definition) is 0. The molecule has 12 heavy (non-hydrogen) atoms. The van der Waals surface area contributed by atoms with Gasteiger partial charge >= 0.3 is 0 Å². The van der Waals surface area contributed by atoms with Crippen molar-refractivity contribution in [3.05, 3.63) is 0 Å². The first-order valence-corrected chi connectivity index (χ1v) is 3.77. The summed E-state index contributed by atoms with van der Waals surface area (Å²) >= 11 is 0. The molecule has 0 saturated carbocycles. The number of ketones is 1. The van der Waals surface area contributed by atoms with E-state index in [0.717, 1.165) is 0 Å². The molecular formula is C8H17NO3. The Labute approximate surface area is 73.4 Å². The summed E-state index contributed by atoms with van der Waals surface area (Å²) in [6, 6.07) is -0.333. The van der Waals surface area contributed by atoms with Crippen molar-refractivity contribution in [1.82, 2.24) is 4.90 Å². The van der Waals surface area contributed by atoms with E-state index in [4.69, 9.17) is 9.47 Å². The van der Waals surface area contributed by atoms with Crippen molar-refractivity contribution in [2.24, 2.45) is 0 Å². The number of ether oxygens (including phenoxy) is 2. The van der Waals surface area contributed by atoms with Crippen LogP contribution in [0.5, 0.6) is 0 Å². The second kappa shape index (κ2) is 5.24. The van der Waals surface area contributed by atoms with Gasteiger partial charge in [0.05, 0.1) is 0 Å². The summed E-state index contributed by atoms with van der Waals surface area (Å²) in [6.07, 6.45) is -0.488. The largest absolute Gasteiger partial charge is 0.354 e. The van der Waals surface area contributed by atoms with Crippen LogP contribution in [0.3, 0.4) is 0 Å². The lowest BCUT2D eigenvalue weighted by Gasteiger charge is -2.27. The zero-order valence-corrected chi connectivity index (χ0v) is 8.33. The number of nitrogens with zero attached hydrogens (tertiary/aromatic N) is 1. The van der Waals surface area contributed by atoms with Gasteiger partial charge in [-0.05, 0) is 21.0 Å².